The van der Waals surface area contributed by atoms with Crippen LogP contribution in [0.3, 0.4) is 0 Å². The van der Waals surface area contributed by atoms with Gasteiger partial charge in [-0.3, -0.25) is 0 Å². The molecule has 0 unspecified atom stereocenters. The van der Waals surface area contributed by atoms with E-state index < -0.39 is 0 Å². The molecule has 1 aliphatic rings. The van der Waals surface area contributed by atoms with Crippen molar-refractivity contribution < 1.29 is 4.42 Å². The van der Waals surface area contributed by atoms with E-state index in [1.807, 2.05) is 24.3 Å². The molecule has 0 saturated carbocycles. The molecule has 2 heteroatoms. The first-order valence-corrected chi connectivity index (χ1v) is 10.5. The third-order valence-electron chi connectivity index (χ3n) is 6.26. The van der Waals surface area contributed by atoms with Crippen molar-refractivity contribution in [2.24, 2.45) is 0 Å². The summed E-state index contributed by atoms with van der Waals surface area (Å²) in [5, 5.41) is 2.62. The molecule has 2 nitrogen and oxygen atoms in total. The summed E-state index contributed by atoms with van der Waals surface area (Å²) in [6.45, 7) is 0. The van der Waals surface area contributed by atoms with Gasteiger partial charge in [0.1, 0.15) is 5.52 Å². The Hall–Kier alpha value is -4.17. The normalized spacial score (nSPS) is 11.9. The quantitative estimate of drug-likeness (QED) is 0.297. The molecule has 0 bridgehead atoms. The molecule has 0 atom stereocenters. The van der Waals surface area contributed by atoms with Crippen LogP contribution in [0.25, 0.3) is 66.7 Å². The Balaban J connectivity index is 1.43. The molecular formula is C29H17NO. The number of fused-ring (bicyclic) bond motifs is 4. The van der Waals surface area contributed by atoms with Crippen LogP contribution in [0.4, 0.5) is 0 Å². The van der Waals surface area contributed by atoms with Crippen LogP contribution < -0.4 is 0 Å². The summed E-state index contributed by atoms with van der Waals surface area (Å²) in [4.78, 5) is 4.68. The number of rotatable bonds is 2. The van der Waals surface area contributed by atoms with E-state index in [0.29, 0.717) is 5.89 Å². The largest absolute Gasteiger partial charge is 0.436 e. The van der Waals surface area contributed by atoms with Gasteiger partial charge >= 0.3 is 0 Å². The summed E-state index contributed by atoms with van der Waals surface area (Å²) in [5.41, 5.74) is 10.4. The molecule has 0 N–H and O–H groups in total. The van der Waals surface area contributed by atoms with Gasteiger partial charge in [0.2, 0.25) is 5.89 Å². The van der Waals surface area contributed by atoms with Crippen LogP contribution >= 0.6 is 0 Å². The zero-order valence-corrected chi connectivity index (χ0v) is 16.7. The number of hydrogen-bond acceptors (Lipinski definition) is 2. The summed E-state index contributed by atoms with van der Waals surface area (Å²) in [5.74, 6) is 0.654. The lowest BCUT2D eigenvalue weighted by atomic mass is 9.93. The van der Waals surface area contributed by atoms with E-state index in [1.54, 1.807) is 0 Å². The molecule has 0 spiro atoms. The molecule has 0 aliphatic heterocycles. The Labute approximate surface area is 179 Å². The first-order chi connectivity index (χ1) is 15.4. The van der Waals surface area contributed by atoms with Gasteiger partial charge in [0.15, 0.2) is 5.58 Å². The molecule has 0 saturated heterocycles. The number of para-hydroxylation sites is 2. The van der Waals surface area contributed by atoms with E-state index in [-0.39, 0.29) is 0 Å². The Morgan fingerprint density at radius 2 is 1.19 bits per heavy atom. The van der Waals surface area contributed by atoms with Gasteiger partial charge in [0.05, 0.1) is 0 Å². The first kappa shape index (κ1) is 16.6. The smallest absolute Gasteiger partial charge is 0.227 e. The van der Waals surface area contributed by atoms with Crippen molar-refractivity contribution >= 4 is 21.9 Å². The molecule has 0 radical (unpaired) electrons. The van der Waals surface area contributed by atoms with Crippen molar-refractivity contribution in [3.63, 3.8) is 0 Å². The molecule has 144 valence electrons. The third-order valence-corrected chi connectivity index (χ3v) is 6.26. The van der Waals surface area contributed by atoms with E-state index in [9.17, 15) is 0 Å². The zero-order valence-electron chi connectivity index (χ0n) is 16.7. The third kappa shape index (κ3) is 2.36. The minimum Gasteiger partial charge on any atom is -0.436 e. The average Bonchev–Trinajstić information content (AvgIpc) is 3.41. The fourth-order valence-corrected chi connectivity index (χ4v) is 4.88. The second-order valence-corrected chi connectivity index (χ2v) is 8.00. The lowest BCUT2D eigenvalue weighted by Gasteiger charge is -2.10. The topological polar surface area (TPSA) is 26.0 Å². The summed E-state index contributed by atoms with van der Waals surface area (Å²) in [7, 11) is 0. The summed E-state index contributed by atoms with van der Waals surface area (Å²) >= 11 is 0. The van der Waals surface area contributed by atoms with Crippen LogP contribution in [0.2, 0.25) is 0 Å². The molecule has 0 fully saturated rings. The average molecular weight is 395 g/mol. The van der Waals surface area contributed by atoms with Crippen LogP contribution in [-0.4, -0.2) is 4.98 Å². The molecule has 5 aromatic carbocycles. The molecule has 0 amide bonds. The Kier molecular flexibility index (Phi) is 3.30. The van der Waals surface area contributed by atoms with Gasteiger partial charge in [-0.05, 0) is 68.4 Å². The Morgan fingerprint density at radius 1 is 0.516 bits per heavy atom. The standard InChI is InChI=1S/C29H17NO/c1-2-10-22-21(9-1)24-12-6-11-23-20(15-16-25(22)28(23)24)18-7-5-8-19(17-18)29-30-26-13-3-4-14-27(26)31-29/h1-17H. The maximum atomic E-state index is 6.01. The van der Waals surface area contributed by atoms with Crippen LogP contribution in [0, 0.1) is 0 Å². The highest BCUT2D eigenvalue weighted by molar-refractivity contribution is 6.18. The molecule has 1 aromatic heterocycles. The van der Waals surface area contributed by atoms with Gasteiger partial charge in [0, 0.05) is 5.56 Å². The number of aromatic nitrogens is 1. The monoisotopic (exact) mass is 395 g/mol. The van der Waals surface area contributed by atoms with E-state index in [4.69, 9.17) is 4.42 Å². The fourth-order valence-electron chi connectivity index (χ4n) is 4.88. The number of benzene rings is 5. The Bertz CT molecular complexity index is 1580. The molecule has 1 aliphatic carbocycles. The van der Waals surface area contributed by atoms with Gasteiger partial charge in [-0.25, -0.2) is 4.98 Å². The van der Waals surface area contributed by atoms with Crippen molar-refractivity contribution in [3.05, 3.63) is 103 Å². The molecule has 31 heavy (non-hydrogen) atoms. The number of hydrogen-bond donors (Lipinski definition) is 0. The number of oxazole rings is 1. The van der Waals surface area contributed by atoms with E-state index in [2.05, 4.69) is 83.8 Å². The van der Waals surface area contributed by atoms with E-state index in [0.717, 1.165) is 16.7 Å². The van der Waals surface area contributed by atoms with E-state index in [1.165, 1.54) is 44.2 Å². The first-order valence-electron chi connectivity index (χ1n) is 10.5. The van der Waals surface area contributed by atoms with E-state index >= 15 is 0 Å². The number of nitrogens with zero attached hydrogens (tertiary/aromatic N) is 1. The maximum Gasteiger partial charge on any atom is 0.227 e. The molecule has 1 heterocycles. The van der Waals surface area contributed by atoms with Crippen molar-refractivity contribution in [2.75, 3.05) is 0 Å². The maximum absolute atomic E-state index is 6.01. The van der Waals surface area contributed by atoms with Crippen molar-refractivity contribution in [3.8, 4) is 44.8 Å². The predicted molar refractivity (Wildman–Crippen MR) is 127 cm³/mol. The van der Waals surface area contributed by atoms with Crippen LogP contribution in [0.5, 0.6) is 0 Å². The summed E-state index contributed by atoms with van der Waals surface area (Å²) < 4.78 is 6.01. The van der Waals surface area contributed by atoms with Crippen molar-refractivity contribution in [1.82, 2.24) is 4.98 Å². The second kappa shape index (κ2) is 6.16. The van der Waals surface area contributed by atoms with Crippen LogP contribution in [0.15, 0.2) is 108 Å². The highest BCUT2D eigenvalue weighted by Gasteiger charge is 2.22. The van der Waals surface area contributed by atoms with Crippen molar-refractivity contribution in [1.29, 1.82) is 0 Å². The fraction of sp³-hybridized carbons (Fsp3) is 0. The minimum atomic E-state index is 0.654. The van der Waals surface area contributed by atoms with Gasteiger partial charge < -0.3 is 4.42 Å². The minimum absolute atomic E-state index is 0.654. The molecule has 7 rings (SSSR count). The summed E-state index contributed by atoms with van der Waals surface area (Å²) in [6.07, 6.45) is 0. The highest BCUT2D eigenvalue weighted by atomic mass is 16.3. The second-order valence-electron chi connectivity index (χ2n) is 8.00. The molecular weight excluding hydrogens is 378 g/mol. The molecule has 6 aromatic rings. The van der Waals surface area contributed by atoms with Gasteiger partial charge in [-0.15, -0.1) is 0 Å². The van der Waals surface area contributed by atoms with Crippen LogP contribution in [0.1, 0.15) is 0 Å². The zero-order chi connectivity index (χ0) is 20.4. The summed E-state index contributed by atoms with van der Waals surface area (Å²) in [6, 6.07) is 36.2. The van der Waals surface area contributed by atoms with Crippen molar-refractivity contribution in [2.45, 2.75) is 0 Å². The van der Waals surface area contributed by atoms with Crippen LogP contribution in [-0.2, 0) is 0 Å². The highest BCUT2D eigenvalue weighted by Crippen LogP contribution is 2.49. The predicted octanol–water partition coefficient (Wildman–Crippen LogP) is 7.96. The lowest BCUT2D eigenvalue weighted by Crippen LogP contribution is -1.85. The lowest BCUT2D eigenvalue weighted by molar-refractivity contribution is 0.620. The van der Waals surface area contributed by atoms with Gasteiger partial charge in [-0.1, -0.05) is 78.9 Å². The SMILES string of the molecule is c1cc(-c2nc3ccccc3o2)cc(-c2ccc3c4c(cccc24)-c2ccccc2-3)c1. The van der Waals surface area contributed by atoms with Gasteiger partial charge in [-0.2, -0.15) is 0 Å². The van der Waals surface area contributed by atoms with Gasteiger partial charge in [0.25, 0.3) is 0 Å². The Morgan fingerprint density at radius 3 is 2.06 bits per heavy atom.